The topological polar surface area (TPSA) is 79.9 Å². The first-order valence-corrected chi connectivity index (χ1v) is 8.85. The van der Waals surface area contributed by atoms with Gasteiger partial charge in [-0.1, -0.05) is 18.2 Å². The fraction of sp³-hybridized carbons (Fsp3) is 0.300. The van der Waals surface area contributed by atoms with E-state index < -0.39 is 12.3 Å². The van der Waals surface area contributed by atoms with E-state index in [-0.39, 0.29) is 30.3 Å². The summed E-state index contributed by atoms with van der Waals surface area (Å²) in [7, 11) is 3.03. The molecule has 0 unspecified atom stereocenters. The Labute approximate surface area is 171 Å². The standard InChI is InChI=1S/C20H22F3N3O4/c1-13(27)24-15-8-9-18(29-3)16(10-15)25-19(28)12-26(2)11-14-6-4-5-7-17(14)30-20(21,22)23/h4-10H,11-12H2,1-3H3,(H,24,27)(H,25,28). The number of benzene rings is 2. The number of hydrogen-bond donors (Lipinski definition) is 2. The molecule has 0 atom stereocenters. The zero-order chi connectivity index (χ0) is 22.3. The number of likely N-dealkylation sites (N-methyl/N-ethyl adjacent to an activating group) is 1. The molecule has 0 bridgehead atoms. The Morgan fingerprint density at radius 3 is 2.40 bits per heavy atom. The van der Waals surface area contributed by atoms with E-state index in [1.807, 2.05) is 0 Å². The first kappa shape index (κ1) is 23.0. The molecule has 2 amide bonds. The van der Waals surface area contributed by atoms with Crippen molar-refractivity contribution in [1.82, 2.24) is 4.90 Å². The minimum atomic E-state index is -4.80. The van der Waals surface area contributed by atoms with Gasteiger partial charge in [0.1, 0.15) is 11.5 Å². The van der Waals surface area contributed by atoms with E-state index >= 15 is 0 Å². The summed E-state index contributed by atoms with van der Waals surface area (Å²) in [6.07, 6.45) is -4.80. The maximum atomic E-state index is 12.6. The summed E-state index contributed by atoms with van der Waals surface area (Å²) < 4.78 is 46.9. The van der Waals surface area contributed by atoms with Crippen LogP contribution in [-0.2, 0) is 16.1 Å². The Hall–Kier alpha value is -3.27. The Balaban J connectivity index is 2.04. The van der Waals surface area contributed by atoms with Gasteiger partial charge in [0.25, 0.3) is 0 Å². The maximum Gasteiger partial charge on any atom is 0.573 e. The molecule has 0 aliphatic rings. The molecule has 2 aromatic carbocycles. The van der Waals surface area contributed by atoms with Gasteiger partial charge in [-0.3, -0.25) is 14.5 Å². The fourth-order valence-electron chi connectivity index (χ4n) is 2.73. The number of amides is 2. The monoisotopic (exact) mass is 425 g/mol. The predicted octanol–water partition coefficient (Wildman–Crippen LogP) is 3.62. The second kappa shape index (κ2) is 9.97. The number of carbonyl (C=O) groups excluding carboxylic acids is 2. The number of carbonyl (C=O) groups is 2. The largest absolute Gasteiger partial charge is 0.573 e. The minimum Gasteiger partial charge on any atom is -0.495 e. The van der Waals surface area contributed by atoms with Gasteiger partial charge in [0.05, 0.1) is 19.3 Å². The van der Waals surface area contributed by atoms with Crippen LogP contribution in [0.25, 0.3) is 0 Å². The van der Waals surface area contributed by atoms with E-state index in [2.05, 4.69) is 15.4 Å². The quantitative estimate of drug-likeness (QED) is 0.675. The Kier molecular flexibility index (Phi) is 7.65. The van der Waals surface area contributed by atoms with Gasteiger partial charge in [0.2, 0.25) is 11.8 Å². The average Bonchev–Trinajstić information content (AvgIpc) is 2.61. The van der Waals surface area contributed by atoms with Crippen molar-refractivity contribution in [3.8, 4) is 11.5 Å². The lowest BCUT2D eigenvalue weighted by atomic mass is 10.2. The van der Waals surface area contributed by atoms with Crippen LogP contribution in [0.15, 0.2) is 42.5 Å². The summed E-state index contributed by atoms with van der Waals surface area (Å²) in [4.78, 5) is 25.2. The van der Waals surface area contributed by atoms with Crippen LogP contribution >= 0.6 is 0 Å². The molecule has 0 fully saturated rings. The molecule has 0 aliphatic carbocycles. The van der Waals surface area contributed by atoms with Gasteiger partial charge in [-0.15, -0.1) is 13.2 Å². The normalized spacial score (nSPS) is 11.2. The average molecular weight is 425 g/mol. The molecular formula is C20H22F3N3O4. The summed E-state index contributed by atoms with van der Waals surface area (Å²) in [6, 6.07) is 10.5. The second-order valence-electron chi connectivity index (χ2n) is 6.47. The third kappa shape index (κ3) is 7.28. The third-order valence-corrected chi connectivity index (χ3v) is 3.85. The number of nitrogens with zero attached hydrogens (tertiary/aromatic N) is 1. The summed E-state index contributed by atoms with van der Waals surface area (Å²) >= 11 is 0. The molecule has 7 nitrogen and oxygen atoms in total. The highest BCUT2D eigenvalue weighted by molar-refractivity contribution is 5.95. The van der Waals surface area contributed by atoms with Crippen LogP contribution in [0.3, 0.4) is 0 Å². The summed E-state index contributed by atoms with van der Waals surface area (Å²) in [5.74, 6) is -0.604. The highest BCUT2D eigenvalue weighted by Gasteiger charge is 2.32. The molecule has 10 heteroatoms. The number of halogens is 3. The lowest BCUT2D eigenvalue weighted by molar-refractivity contribution is -0.275. The van der Waals surface area contributed by atoms with Crippen LogP contribution in [-0.4, -0.2) is 43.8 Å². The van der Waals surface area contributed by atoms with Gasteiger partial charge in [-0.25, -0.2) is 0 Å². The molecule has 2 rings (SSSR count). The zero-order valence-corrected chi connectivity index (χ0v) is 16.7. The molecular weight excluding hydrogens is 403 g/mol. The number of ether oxygens (including phenoxy) is 2. The van der Waals surface area contributed by atoms with Crippen LogP contribution in [0.1, 0.15) is 12.5 Å². The van der Waals surface area contributed by atoms with E-state index in [9.17, 15) is 22.8 Å². The van der Waals surface area contributed by atoms with Crippen LogP contribution in [0, 0.1) is 0 Å². The van der Waals surface area contributed by atoms with Crippen LogP contribution < -0.4 is 20.1 Å². The van der Waals surface area contributed by atoms with Crippen molar-refractivity contribution in [1.29, 1.82) is 0 Å². The molecule has 30 heavy (non-hydrogen) atoms. The molecule has 0 radical (unpaired) electrons. The Morgan fingerprint density at radius 2 is 1.77 bits per heavy atom. The smallest absolute Gasteiger partial charge is 0.495 e. The van der Waals surface area contributed by atoms with E-state index in [1.54, 1.807) is 31.3 Å². The van der Waals surface area contributed by atoms with Crippen molar-refractivity contribution in [3.05, 3.63) is 48.0 Å². The van der Waals surface area contributed by atoms with Crippen molar-refractivity contribution in [2.45, 2.75) is 19.8 Å². The second-order valence-corrected chi connectivity index (χ2v) is 6.47. The highest BCUT2D eigenvalue weighted by atomic mass is 19.4. The number of nitrogens with one attached hydrogen (secondary N) is 2. The highest BCUT2D eigenvalue weighted by Crippen LogP contribution is 2.29. The summed E-state index contributed by atoms with van der Waals surface area (Å²) in [6.45, 7) is 1.31. The Bertz CT molecular complexity index is 903. The Morgan fingerprint density at radius 1 is 1.07 bits per heavy atom. The molecule has 2 aromatic rings. The number of rotatable bonds is 8. The first-order chi connectivity index (χ1) is 14.1. The van der Waals surface area contributed by atoms with Crippen molar-refractivity contribution < 1.29 is 32.2 Å². The zero-order valence-electron chi connectivity index (χ0n) is 16.7. The van der Waals surface area contributed by atoms with Gasteiger partial charge >= 0.3 is 6.36 Å². The van der Waals surface area contributed by atoms with Gasteiger partial charge in [0, 0.05) is 24.7 Å². The molecule has 0 saturated carbocycles. The minimum absolute atomic E-state index is 0.0583. The number of methoxy groups -OCH3 is 1. The van der Waals surface area contributed by atoms with Gasteiger partial charge < -0.3 is 20.1 Å². The SMILES string of the molecule is COc1ccc(NC(C)=O)cc1NC(=O)CN(C)Cc1ccccc1OC(F)(F)F. The first-order valence-electron chi connectivity index (χ1n) is 8.85. The van der Waals surface area contributed by atoms with Crippen molar-refractivity contribution >= 4 is 23.2 Å². The molecule has 0 heterocycles. The lowest BCUT2D eigenvalue weighted by Crippen LogP contribution is -2.30. The van der Waals surface area contributed by atoms with E-state index in [1.165, 1.54) is 37.1 Å². The molecule has 162 valence electrons. The van der Waals surface area contributed by atoms with E-state index in [0.29, 0.717) is 17.1 Å². The predicted molar refractivity (Wildman–Crippen MR) is 105 cm³/mol. The maximum absolute atomic E-state index is 12.6. The molecule has 2 N–H and O–H groups in total. The van der Waals surface area contributed by atoms with Gasteiger partial charge in [-0.05, 0) is 31.3 Å². The molecule has 0 aromatic heterocycles. The summed E-state index contributed by atoms with van der Waals surface area (Å²) in [5, 5.41) is 5.28. The van der Waals surface area contributed by atoms with Crippen molar-refractivity contribution in [3.63, 3.8) is 0 Å². The van der Waals surface area contributed by atoms with Crippen molar-refractivity contribution in [2.24, 2.45) is 0 Å². The van der Waals surface area contributed by atoms with E-state index in [4.69, 9.17) is 4.74 Å². The van der Waals surface area contributed by atoms with Gasteiger partial charge in [-0.2, -0.15) is 0 Å². The number of para-hydroxylation sites is 1. The lowest BCUT2D eigenvalue weighted by Gasteiger charge is -2.20. The van der Waals surface area contributed by atoms with Gasteiger partial charge in [0.15, 0.2) is 0 Å². The fourth-order valence-corrected chi connectivity index (χ4v) is 2.73. The number of anilines is 2. The third-order valence-electron chi connectivity index (χ3n) is 3.85. The number of hydrogen-bond acceptors (Lipinski definition) is 5. The summed E-state index contributed by atoms with van der Waals surface area (Å²) in [5.41, 5.74) is 1.11. The van der Waals surface area contributed by atoms with Crippen molar-refractivity contribution in [2.75, 3.05) is 31.3 Å². The molecule has 0 spiro atoms. The van der Waals surface area contributed by atoms with Crippen LogP contribution in [0.2, 0.25) is 0 Å². The van der Waals surface area contributed by atoms with Crippen LogP contribution in [0.5, 0.6) is 11.5 Å². The molecule has 0 saturated heterocycles. The number of alkyl halides is 3. The molecule has 0 aliphatic heterocycles. The van der Waals surface area contributed by atoms with Crippen LogP contribution in [0.4, 0.5) is 24.5 Å². The van der Waals surface area contributed by atoms with E-state index in [0.717, 1.165) is 0 Å².